The third-order valence-corrected chi connectivity index (χ3v) is 8.79. The first kappa shape index (κ1) is 35.4. The molecule has 2 saturated heterocycles. The minimum absolute atomic E-state index is 0. The second-order valence-corrected chi connectivity index (χ2v) is 11.8. The molecule has 0 bridgehead atoms. The summed E-state index contributed by atoms with van der Waals surface area (Å²) < 4.78 is 81.1. The summed E-state index contributed by atoms with van der Waals surface area (Å²) in [4.78, 5) is 23.0. The fourth-order valence-corrected chi connectivity index (χ4v) is 6.68. The molecule has 2 aliphatic heterocycles. The first-order chi connectivity index (χ1) is 19.5. The van der Waals surface area contributed by atoms with Crippen LogP contribution in [-0.4, -0.2) is 89.0 Å². The van der Waals surface area contributed by atoms with Gasteiger partial charge in [0.05, 0.1) is 11.1 Å². The number of benzene rings is 2. The van der Waals surface area contributed by atoms with Gasteiger partial charge in [-0.2, -0.15) is 38.1 Å². The molecule has 3 heterocycles. The van der Waals surface area contributed by atoms with Gasteiger partial charge in [-0.15, -0.1) is 24.8 Å². The molecule has 5 rings (SSSR count). The lowest BCUT2D eigenvalue weighted by atomic mass is 9.98. The molecule has 0 radical (unpaired) electrons. The van der Waals surface area contributed by atoms with Crippen LogP contribution in [0.1, 0.15) is 33.5 Å². The number of amides is 1. The van der Waals surface area contributed by atoms with Crippen molar-refractivity contribution in [1.29, 1.82) is 0 Å². The number of para-hydroxylation sites is 1. The van der Waals surface area contributed by atoms with E-state index in [0.717, 1.165) is 60.6 Å². The Morgan fingerprint density at radius 3 is 2.14 bits per heavy atom. The van der Waals surface area contributed by atoms with Crippen LogP contribution < -0.4 is 0 Å². The van der Waals surface area contributed by atoms with Crippen LogP contribution in [0.25, 0.3) is 10.9 Å². The van der Waals surface area contributed by atoms with Gasteiger partial charge in [0.15, 0.2) is 0 Å². The van der Waals surface area contributed by atoms with Crippen LogP contribution >= 0.6 is 36.6 Å². The Hall–Kier alpha value is -2.12. The molecule has 1 N–H and O–H groups in total. The molecule has 2 fully saturated rings. The topological polar surface area (TPSA) is 42.6 Å². The Labute approximate surface area is 263 Å². The minimum atomic E-state index is -5.02. The normalized spacial score (nSPS) is 18.7. The van der Waals surface area contributed by atoms with Crippen LogP contribution in [0, 0.1) is 0 Å². The lowest BCUT2D eigenvalue weighted by molar-refractivity contribution is -0.143. The molecule has 2 aromatic carbocycles. The number of aromatic amines is 1. The first-order valence-electron chi connectivity index (χ1n) is 13.7. The van der Waals surface area contributed by atoms with Crippen molar-refractivity contribution in [2.45, 2.75) is 31.2 Å². The monoisotopic (exact) mass is 670 g/mol. The molecule has 1 aromatic heterocycles. The van der Waals surface area contributed by atoms with Gasteiger partial charge < -0.3 is 14.8 Å². The van der Waals surface area contributed by atoms with E-state index in [2.05, 4.69) is 14.8 Å². The third kappa shape index (κ3) is 8.75. The van der Waals surface area contributed by atoms with Crippen molar-refractivity contribution >= 4 is 53.4 Å². The van der Waals surface area contributed by atoms with E-state index in [1.807, 2.05) is 42.2 Å². The quantitative estimate of drug-likeness (QED) is 0.279. The number of thioether (sulfide) groups is 1. The van der Waals surface area contributed by atoms with Crippen LogP contribution in [0.4, 0.5) is 26.3 Å². The van der Waals surface area contributed by atoms with Gasteiger partial charge in [0.1, 0.15) is 0 Å². The third-order valence-electron chi connectivity index (χ3n) is 7.85. The van der Waals surface area contributed by atoms with Gasteiger partial charge in [0.2, 0.25) is 0 Å². The Bertz CT molecular complexity index is 1330. The van der Waals surface area contributed by atoms with Gasteiger partial charge in [-0.3, -0.25) is 9.69 Å². The van der Waals surface area contributed by atoms with Crippen LogP contribution in [-0.2, 0) is 18.8 Å². The first-order valence-corrected chi connectivity index (χ1v) is 14.8. The lowest BCUT2D eigenvalue weighted by Crippen LogP contribution is -2.56. The van der Waals surface area contributed by atoms with E-state index in [9.17, 15) is 31.1 Å². The molecule has 14 heteroatoms. The average Bonchev–Trinajstić information content (AvgIpc) is 3.35. The minimum Gasteiger partial charge on any atom is -0.361 e. The number of piperazine rings is 1. The van der Waals surface area contributed by atoms with Crippen LogP contribution in [0.2, 0.25) is 0 Å². The second kappa shape index (κ2) is 14.8. The molecule has 2 aliphatic rings. The number of carbonyl (C=O) groups is 1. The van der Waals surface area contributed by atoms with E-state index in [0.29, 0.717) is 31.6 Å². The van der Waals surface area contributed by atoms with E-state index in [-0.39, 0.29) is 37.4 Å². The zero-order chi connectivity index (χ0) is 29.2. The van der Waals surface area contributed by atoms with Crippen molar-refractivity contribution in [3.8, 4) is 0 Å². The Balaban J connectivity index is 0.00000253. The van der Waals surface area contributed by atoms with Crippen molar-refractivity contribution < 1.29 is 31.1 Å². The maximum atomic E-state index is 13.6. The molecular weight excluding hydrogens is 637 g/mol. The zero-order valence-electron chi connectivity index (χ0n) is 23.2. The van der Waals surface area contributed by atoms with Crippen molar-refractivity contribution in [3.63, 3.8) is 0 Å². The smallest absolute Gasteiger partial charge is 0.361 e. The maximum absolute atomic E-state index is 13.6. The molecule has 0 spiro atoms. The summed E-state index contributed by atoms with van der Waals surface area (Å²) >= 11 is 1.95. The van der Waals surface area contributed by atoms with Crippen molar-refractivity contribution in [2.24, 2.45) is 0 Å². The van der Waals surface area contributed by atoms with Crippen molar-refractivity contribution in [1.82, 2.24) is 19.7 Å². The van der Waals surface area contributed by atoms with Gasteiger partial charge in [-0.25, -0.2) is 0 Å². The summed E-state index contributed by atoms with van der Waals surface area (Å²) in [5.74, 6) is 1.43. The van der Waals surface area contributed by atoms with Gasteiger partial charge in [-0.1, -0.05) is 18.2 Å². The molecule has 1 atom stereocenters. The van der Waals surface area contributed by atoms with Gasteiger partial charge >= 0.3 is 12.4 Å². The number of carbonyl (C=O) groups excluding carboxylic acids is 1. The molecule has 0 saturated carbocycles. The molecule has 0 unspecified atom stereocenters. The summed E-state index contributed by atoms with van der Waals surface area (Å²) in [6.07, 6.45) is -6.83. The van der Waals surface area contributed by atoms with E-state index in [1.54, 1.807) is 0 Å². The number of nitrogens with zero attached hydrogens (tertiary/aromatic N) is 3. The number of hydrogen-bond acceptors (Lipinski definition) is 4. The summed E-state index contributed by atoms with van der Waals surface area (Å²) in [6.45, 7) is 5.09. The number of hydrogen-bond donors (Lipinski definition) is 1. The molecular formula is C29H34Cl2F6N4OS. The zero-order valence-corrected chi connectivity index (χ0v) is 25.7. The number of nitrogens with one attached hydrogen (secondary N) is 1. The summed E-state index contributed by atoms with van der Waals surface area (Å²) in [5, 5.41) is 0.971. The standard InChI is InChI=1S/C29H32F6N4OS.2ClH/c30-28(31,32)22-14-20(15-23(17-22)29(33,34)35)27(40)39-9-8-38(7-3-6-37-10-12-41-13-11-37)19-24(39)16-21-18-36-26-5-2-1-4-25(21)26;;/h1-2,4-5,14-15,17-18,24,36H,3,6-13,16,19H2;2*1H/t24-;;/m1../s1. The van der Waals surface area contributed by atoms with Crippen LogP contribution in [0.3, 0.4) is 0 Å². The Morgan fingerprint density at radius 2 is 1.49 bits per heavy atom. The number of H-pyrrole nitrogens is 1. The molecule has 238 valence electrons. The highest BCUT2D eigenvalue weighted by Crippen LogP contribution is 2.37. The van der Waals surface area contributed by atoms with E-state index >= 15 is 0 Å². The largest absolute Gasteiger partial charge is 0.416 e. The van der Waals surface area contributed by atoms with E-state index < -0.39 is 41.0 Å². The second-order valence-electron chi connectivity index (χ2n) is 10.6. The number of aromatic nitrogens is 1. The maximum Gasteiger partial charge on any atom is 0.416 e. The number of alkyl halides is 6. The average molecular weight is 672 g/mol. The van der Waals surface area contributed by atoms with Gasteiger partial charge in [-0.05, 0) is 55.8 Å². The number of halogens is 8. The van der Waals surface area contributed by atoms with Crippen LogP contribution in [0.5, 0.6) is 0 Å². The summed E-state index contributed by atoms with van der Waals surface area (Å²) in [5.41, 5.74) is -1.72. The SMILES string of the molecule is Cl.Cl.O=C(c1cc(C(F)(F)F)cc(C(F)(F)F)c1)N1CCN(CCCN2CCSCC2)C[C@H]1Cc1c[nH]c2ccccc12. The molecule has 3 aromatic rings. The highest BCUT2D eigenvalue weighted by atomic mass is 35.5. The fourth-order valence-electron chi connectivity index (χ4n) is 5.71. The fraction of sp³-hybridized carbons (Fsp3) is 0.483. The summed E-state index contributed by atoms with van der Waals surface area (Å²) in [6, 6.07) is 8.37. The molecule has 0 aliphatic carbocycles. The highest BCUT2D eigenvalue weighted by Gasteiger charge is 2.39. The molecule has 5 nitrogen and oxygen atoms in total. The van der Waals surface area contributed by atoms with E-state index in [4.69, 9.17) is 0 Å². The number of fused-ring (bicyclic) bond motifs is 1. The lowest BCUT2D eigenvalue weighted by Gasteiger charge is -2.42. The predicted octanol–water partition coefficient (Wildman–Crippen LogP) is 6.86. The molecule has 43 heavy (non-hydrogen) atoms. The van der Waals surface area contributed by atoms with Gasteiger partial charge in [0, 0.05) is 72.9 Å². The molecule has 1 amide bonds. The predicted molar refractivity (Wildman–Crippen MR) is 163 cm³/mol. The van der Waals surface area contributed by atoms with Gasteiger partial charge in [0.25, 0.3) is 5.91 Å². The highest BCUT2D eigenvalue weighted by molar-refractivity contribution is 7.99. The van der Waals surface area contributed by atoms with E-state index in [1.165, 1.54) is 4.90 Å². The van der Waals surface area contributed by atoms with Crippen molar-refractivity contribution in [2.75, 3.05) is 57.3 Å². The number of rotatable bonds is 7. The summed E-state index contributed by atoms with van der Waals surface area (Å²) in [7, 11) is 0. The van der Waals surface area contributed by atoms with Crippen LogP contribution in [0.15, 0.2) is 48.7 Å². The Kier molecular flexibility index (Phi) is 12.1. The Morgan fingerprint density at radius 1 is 0.860 bits per heavy atom. The van der Waals surface area contributed by atoms with Crippen molar-refractivity contribution in [3.05, 3.63) is 70.9 Å².